The van der Waals surface area contributed by atoms with E-state index in [0.29, 0.717) is 28.3 Å². The van der Waals surface area contributed by atoms with Gasteiger partial charge in [0, 0.05) is 18.2 Å². The molecule has 178 valence electrons. The van der Waals surface area contributed by atoms with E-state index in [1.807, 2.05) is 26.0 Å². The van der Waals surface area contributed by atoms with Gasteiger partial charge in [-0.2, -0.15) is 0 Å². The number of ketones is 1. The fourth-order valence-electron chi connectivity index (χ4n) is 4.08. The van der Waals surface area contributed by atoms with E-state index < -0.39 is 23.7 Å². The molecule has 35 heavy (non-hydrogen) atoms. The quantitative estimate of drug-likeness (QED) is 0.188. The lowest BCUT2D eigenvalue weighted by atomic mass is 9.95. The SMILES string of the molecule is COc1ccc(/C(O)=C2\C(=O)C(=O)N(c3ccc(C)c(C)c3)C2c2ccc(OC(C)=O)cc2)cc1. The van der Waals surface area contributed by atoms with Crippen molar-refractivity contribution < 1.29 is 29.0 Å². The standard InChI is InChI=1S/C28H25NO6/c1-16-5-10-21(15-17(16)2)29-25(19-6-13-23(14-7-19)35-18(3)30)24(27(32)28(29)33)26(31)20-8-11-22(34-4)12-9-20/h5-15,25,31H,1-4H3/b26-24+. The first-order chi connectivity index (χ1) is 16.7. The Labute approximate surface area is 203 Å². The van der Waals surface area contributed by atoms with Crippen LogP contribution in [0.5, 0.6) is 11.5 Å². The molecule has 1 aliphatic rings. The van der Waals surface area contributed by atoms with Gasteiger partial charge in [0.2, 0.25) is 0 Å². The summed E-state index contributed by atoms with van der Waals surface area (Å²) in [5.41, 5.74) is 3.48. The second kappa shape index (κ2) is 9.46. The highest BCUT2D eigenvalue weighted by Gasteiger charge is 2.47. The molecule has 1 N–H and O–H groups in total. The van der Waals surface area contributed by atoms with E-state index in [9.17, 15) is 19.5 Å². The maximum atomic E-state index is 13.3. The number of rotatable bonds is 5. The molecule has 1 amide bonds. The summed E-state index contributed by atoms with van der Waals surface area (Å²) in [5.74, 6) is -1.35. The van der Waals surface area contributed by atoms with Gasteiger partial charge < -0.3 is 14.6 Å². The number of aryl methyl sites for hydroxylation is 2. The zero-order valence-corrected chi connectivity index (χ0v) is 19.9. The number of aliphatic hydroxyl groups excluding tert-OH is 1. The Bertz CT molecular complexity index is 1340. The van der Waals surface area contributed by atoms with Crippen molar-refractivity contribution in [1.29, 1.82) is 0 Å². The van der Waals surface area contributed by atoms with Crippen LogP contribution in [0.3, 0.4) is 0 Å². The molecule has 3 aromatic rings. The number of ether oxygens (including phenoxy) is 2. The van der Waals surface area contributed by atoms with Gasteiger partial charge in [0.05, 0.1) is 18.7 Å². The third kappa shape index (κ3) is 4.53. The van der Waals surface area contributed by atoms with Gasteiger partial charge >= 0.3 is 5.97 Å². The minimum Gasteiger partial charge on any atom is -0.507 e. The molecule has 0 radical (unpaired) electrons. The second-order valence-electron chi connectivity index (χ2n) is 8.33. The van der Waals surface area contributed by atoms with E-state index in [1.165, 1.54) is 18.9 Å². The summed E-state index contributed by atoms with van der Waals surface area (Å²) in [7, 11) is 1.53. The molecule has 0 aromatic heterocycles. The van der Waals surface area contributed by atoms with Crippen molar-refractivity contribution in [1.82, 2.24) is 0 Å². The van der Waals surface area contributed by atoms with E-state index in [1.54, 1.807) is 54.6 Å². The van der Waals surface area contributed by atoms with E-state index in [-0.39, 0.29) is 11.3 Å². The Morgan fingerprint density at radius 1 is 0.886 bits per heavy atom. The normalized spacial score (nSPS) is 16.9. The van der Waals surface area contributed by atoms with Gasteiger partial charge in [-0.05, 0) is 79.1 Å². The smallest absolute Gasteiger partial charge is 0.308 e. The summed E-state index contributed by atoms with van der Waals surface area (Å²) in [6.45, 7) is 5.19. The van der Waals surface area contributed by atoms with Crippen LogP contribution in [0.2, 0.25) is 0 Å². The summed E-state index contributed by atoms with van der Waals surface area (Å²) >= 11 is 0. The van der Waals surface area contributed by atoms with Gasteiger partial charge in [-0.15, -0.1) is 0 Å². The van der Waals surface area contributed by atoms with Crippen LogP contribution in [0.25, 0.3) is 5.76 Å². The monoisotopic (exact) mass is 471 g/mol. The van der Waals surface area contributed by atoms with Crippen molar-refractivity contribution in [3.8, 4) is 11.5 Å². The minimum absolute atomic E-state index is 0.0290. The third-order valence-corrected chi connectivity index (χ3v) is 6.03. The summed E-state index contributed by atoms with van der Waals surface area (Å²) < 4.78 is 10.3. The fraction of sp³-hybridized carbons (Fsp3) is 0.179. The van der Waals surface area contributed by atoms with E-state index in [0.717, 1.165) is 11.1 Å². The van der Waals surface area contributed by atoms with Crippen molar-refractivity contribution in [2.45, 2.75) is 26.8 Å². The first kappa shape index (κ1) is 23.8. The Morgan fingerprint density at radius 3 is 2.09 bits per heavy atom. The molecule has 0 bridgehead atoms. The van der Waals surface area contributed by atoms with Crippen LogP contribution in [0.15, 0.2) is 72.3 Å². The maximum absolute atomic E-state index is 13.3. The summed E-state index contributed by atoms with van der Waals surface area (Å²) in [6.07, 6.45) is 0. The van der Waals surface area contributed by atoms with E-state index >= 15 is 0 Å². The molecule has 3 aromatic carbocycles. The minimum atomic E-state index is -0.884. The highest BCUT2D eigenvalue weighted by Crippen LogP contribution is 2.43. The van der Waals surface area contributed by atoms with Gasteiger partial charge in [0.15, 0.2) is 0 Å². The van der Waals surface area contributed by atoms with Crippen LogP contribution >= 0.6 is 0 Å². The maximum Gasteiger partial charge on any atom is 0.308 e. The molecular weight excluding hydrogens is 446 g/mol. The lowest BCUT2D eigenvalue weighted by molar-refractivity contribution is -0.132. The number of carbonyl (C=O) groups is 3. The molecule has 1 unspecified atom stereocenters. The lowest BCUT2D eigenvalue weighted by Gasteiger charge is -2.26. The number of hydrogen-bond donors (Lipinski definition) is 1. The van der Waals surface area contributed by atoms with Crippen molar-refractivity contribution in [2.75, 3.05) is 12.0 Å². The number of hydrogen-bond acceptors (Lipinski definition) is 6. The van der Waals surface area contributed by atoms with Crippen LogP contribution in [-0.2, 0) is 14.4 Å². The van der Waals surface area contributed by atoms with Gasteiger partial charge in [-0.25, -0.2) is 0 Å². The van der Waals surface area contributed by atoms with Crippen LogP contribution in [0.4, 0.5) is 5.69 Å². The predicted octanol–water partition coefficient (Wildman–Crippen LogP) is 4.86. The van der Waals surface area contributed by atoms with Gasteiger partial charge in [0.25, 0.3) is 11.7 Å². The van der Waals surface area contributed by atoms with Crippen LogP contribution < -0.4 is 14.4 Å². The molecule has 7 nitrogen and oxygen atoms in total. The predicted molar refractivity (Wildman–Crippen MR) is 131 cm³/mol. The molecule has 1 heterocycles. The number of aliphatic hydroxyl groups is 1. The van der Waals surface area contributed by atoms with Crippen LogP contribution in [-0.4, -0.2) is 29.9 Å². The Hall–Kier alpha value is -4.39. The zero-order chi connectivity index (χ0) is 25.3. The molecule has 7 heteroatoms. The molecule has 0 aliphatic carbocycles. The highest BCUT2D eigenvalue weighted by molar-refractivity contribution is 6.51. The average molecular weight is 472 g/mol. The molecular formula is C28H25NO6. The third-order valence-electron chi connectivity index (χ3n) is 6.03. The second-order valence-corrected chi connectivity index (χ2v) is 8.33. The van der Waals surface area contributed by atoms with E-state index in [4.69, 9.17) is 9.47 Å². The molecule has 1 atom stereocenters. The van der Waals surface area contributed by atoms with Crippen molar-refractivity contribution in [3.05, 3.63) is 94.6 Å². The lowest BCUT2D eigenvalue weighted by Crippen LogP contribution is -2.29. The number of benzene rings is 3. The molecule has 0 spiro atoms. The fourth-order valence-corrected chi connectivity index (χ4v) is 4.08. The van der Waals surface area contributed by atoms with Gasteiger partial charge in [-0.1, -0.05) is 18.2 Å². The number of methoxy groups -OCH3 is 1. The molecule has 4 rings (SSSR count). The van der Waals surface area contributed by atoms with Crippen molar-refractivity contribution >= 4 is 29.1 Å². The first-order valence-electron chi connectivity index (χ1n) is 11.0. The molecule has 1 aliphatic heterocycles. The summed E-state index contributed by atoms with van der Waals surface area (Å²) in [6, 6.07) is 17.7. The van der Waals surface area contributed by atoms with Crippen LogP contribution in [0.1, 0.15) is 35.2 Å². The Balaban J connectivity index is 1.89. The largest absolute Gasteiger partial charge is 0.507 e. The molecule has 1 saturated heterocycles. The number of esters is 1. The van der Waals surface area contributed by atoms with Gasteiger partial charge in [0.1, 0.15) is 17.3 Å². The molecule has 0 saturated carbocycles. The number of carbonyl (C=O) groups excluding carboxylic acids is 3. The molecule has 1 fully saturated rings. The number of Topliss-reactive ketones (excluding diaryl/α,β-unsaturated/α-hetero) is 1. The zero-order valence-electron chi connectivity index (χ0n) is 19.9. The van der Waals surface area contributed by atoms with Gasteiger partial charge in [-0.3, -0.25) is 19.3 Å². The summed E-state index contributed by atoms with van der Waals surface area (Å²) in [5, 5.41) is 11.2. The average Bonchev–Trinajstić information content (AvgIpc) is 3.11. The number of amides is 1. The highest BCUT2D eigenvalue weighted by atomic mass is 16.5. The van der Waals surface area contributed by atoms with E-state index in [2.05, 4.69) is 0 Å². The number of nitrogens with zero attached hydrogens (tertiary/aromatic N) is 1. The number of anilines is 1. The van der Waals surface area contributed by atoms with Crippen molar-refractivity contribution in [3.63, 3.8) is 0 Å². The topological polar surface area (TPSA) is 93.1 Å². The first-order valence-corrected chi connectivity index (χ1v) is 11.0. The Morgan fingerprint density at radius 2 is 1.51 bits per heavy atom. The van der Waals surface area contributed by atoms with Crippen molar-refractivity contribution in [2.24, 2.45) is 0 Å². The summed E-state index contributed by atoms with van der Waals surface area (Å²) in [4.78, 5) is 39.3. The Kier molecular flexibility index (Phi) is 6.42. The van der Waals surface area contributed by atoms with Crippen LogP contribution in [0, 0.1) is 13.8 Å².